The fraction of sp³-hybridized carbons (Fsp3) is 0. The lowest BCUT2D eigenvalue weighted by Crippen LogP contribution is -1.85. The number of oxazole rings is 1. The zero-order chi connectivity index (χ0) is 10.7. The van der Waals surface area contributed by atoms with Crippen molar-refractivity contribution in [1.82, 2.24) is 4.98 Å². The minimum Gasteiger partial charge on any atom is -0.440 e. The SMILES string of the molecule is N#Cc1ccc(-c2co[c]n2)cc1C#N. The molecule has 0 fully saturated rings. The van der Waals surface area contributed by atoms with Crippen molar-refractivity contribution in [3.05, 3.63) is 42.0 Å². The summed E-state index contributed by atoms with van der Waals surface area (Å²) in [6.45, 7) is 0. The van der Waals surface area contributed by atoms with Crippen LogP contribution in [0.2, 0.25) is 0 Å². The second-order valence-corrected chi connectivity index (χ2v) is 2.81. The molecule has 15 heavy (non-hydrogen) atoms. The van der Waals surface area contributed by atoms with Crippen molar-refractivity contribution >= 4 is 0 Å². The molecule has 0 saturated heterocycles. The van der Waals surface area contributed by atoms with Gasteiger partial charge < -0.3 is 4.42 Å². The number of nitrogens with zero attached hydrogens (tertiary/aromatic N) is 3. The molecule has 0 atom stereocenters. The largest absolute Gasteiger partial charge is 0.440 e. The van der Waals surface area contributed by atoms with E-state index in [0.717, 1.165) is 5.56 Å². The molecule has 0 N–H and O–H groups in total. The first-order valence-electron chi connectivity index (χ1n) is 4.11. The Morgan fingerprint density at radius 2 is 2.00 bits per heavy atom. The van der Waals surface area contributed by atoms with E-state index in [2.05, 4.69) is 11.4 Å². The van der Waals surface area contributed by atoms with E-state index in [1.54, 1.807) is 18.2 Å². The molecule has 0 aliphatic heterocycles. The fourth-order valence-electron chi connectivity index (χ4n) is 1.21. The van der Waals surface area contributed by atoms with Crippen LogP contribution in [0.5, 0.6) is 0 Å². The Morgan fingerprint density at radius 1 is 1.20 bits per heavy atom. The van der Waals surface area contributed by atoms with Crippen molar-refractivity contribution in [2.24, 2.45) is 0 Å². The number of aromatic nitrogens is 1. The molecular formula is C11H4N3O. The molecular weight excluding hydrogens is 190 g/mol. The summed E-state index contributed by atoms with van der Waals surface area (Å²) in [5.74, 6) is 0. The van der Waals surface area contributed by atoms with Gasteiger partial charge in [0.25, 0.3) is 6.39 Å². The van der Waals surface area contributed by atoms with Gasteiger partial charge in [-0.3, -0.25) is 0 Å². The van der Waals surface area contributed by atoms with E-state index in [1.807, 2.05) is 12.1 Å². The molecule has 0 amide bonds. The van der Waals surface area contributed by atoms with E-state index < -0.39 is 0 Å². The third kappa shape index (κ3) is 1.56. The van der Waals surface area contributed by atoms with Gasteiger partial charge in [-0.1, -0.05) is 6.07 Å². The smallest absolute Gasteiger partial charge is 0.284 e. The lowest BCUT2D eigenvalue weighted by Gasteiger charge is -1.97. The van der Waals surface area contributed by atoms with Crippen molar-refractivity contribution in [1.29, 1.82) is 10.5 Å². The Bertz CT molecular complexity index is 559. The van der Waals surface area contributed by atoms with E-state index >= 15 is 0 Å². The van der Waals surface area contributed by atoms with Crippen LogP contribution in [0.3, 0.4) is 0 Å². The molecule has 1 radical (unpaired) electrons. The van der Waals surface area contributed by atoms with Crippen LogP contribution in [0.15, 0.2) is 28.9 Å². The number of nitriles is 2. The lowest BCUT2D eigenvalue weighted by atomic mass is 10.0. The van der Waals surface area contributed by atoms with Gasteiger partial charge in [-0.15, -0.1) is 0 Å². The Balaban J connectivity index is 2.56. The maximum absolute atomic E-state index is 8.82. The molecule has 4 heteroatoms. The molecule has 4 nitrogen and oxygen atoms in total. The maximum Gasteiger partial charge on any atom is 0.284 e. The summed E-state index contributed by atoms with van der Waals surface area (Å²) in [5.41, 5.74) is 2.01. The maximum atomic E-state index is 8.82. The van der Waals surface area contributed by atoms with Crippen LogP contribution in [0.25, 0.3) is 11.3 Å². The summed E-state index contributed by atoms with van der Waals surface area (Å²) < 4.78 is 4.71. The minimum atomic E-state index is 0.331. The van der Waals surface area contributed by atoms with Gasteiger partial charge >= 0.3 is 0 Å². The molecule has 1 aromatic carbocycles. The second-order valence-electron chi connectivity index (χ2n) is 2.81. The summed E-state index contributed by atoms with van der Waals surface area (Å²) in [6.07, 6.45) is 3.75. The van der Waals surface area contributed by atoms with Crippen LogP contribution >= 0.6 is 0 Å². The van der Waals surface area contributed by atoms with Crippen LogP contribution < -0.4 is 0 Å². The molecule has 0 aliphatic rings. The van der Waals surface area contributed by atoms with Crippen molar-refractivity contribution in [3.8, 4) is 23.4 Å². The lowest BCUT2D eigenvalue weighted by molar-refractivity contribution is 0.548. The Hall–Kier alpha value is -2.59. The molecule has 2 aromatic rings. The van der Waals surface area contributed by atoms with Gasteiger partial charge in [0.2, 0.25) is 0 Å². The Morgan fingerprint density at radius 3 is 2.60 bits per heavy atom. The van der Waals surface area contributed by atoms with Gasteiger partial charge in [0, 0.05) is 5.56 Å². The molecule has 0 bridgehead atoms. The average molecular weight is 194 g/mol. The second kappa shape index (κ2) is 3.65. The summed E-state index contributed by atoms with van der Waals surface area (Å²) in [6, 6.07) is 8.80. The summed E-state index contributed by atoms with van der Waals surface area (Å²) in [5, 5.41) is 17.5. The van der Waals surface area contributed by atoms with Crippen LogP contribution in [-0.4, -0.2) is 4.98 Å². The normalized spacial score (nSPS) is 9.20. The van der Waals surface area contributed by atoms with Crippen LogP contribution in [0.1, 0.15) is 11.1 Å². The van der Waals surface area contributed by atoms with Crippen molar-refractivity contribution in [2.45, 2.75) is 0 Å². The highest BCUT2D eigenvalue weighted by atomic mass is 16.3. The topological polar surface area (TPSA) is 73.6 Å². The number of hydrogen-bond donors (Lipinski definition) is 0. The molecule has 1 aromatic heterocycles. The first-order valence-corrected chi connectivity index (χ1v) is 4.11. The number of hydrogen-bond acceptors (Lipinski definition) is 4. The zero-order valence-electron chi connectivity index (χ0n) is 7.56. The summed E-state index contributed by atoms with van der Waals surface area (Å²) in [7, 11) is 0. The summed E-state index contributed by atoms with van der Waals surface area (Å²) in [4.78, 5) is 3.83. The van der Waals surface area contributed by atoms with Gasteiger partial charge in [-0.2, -0.15) is 10.5 Å². The number of rotatable bonds is 1. The quantitative estimate of drug-likeness (QED) is 0.694. The Labute approximate surface area is 86.0 Å². The van der Waals surface area contributed by atoms with Crippen molar-refractivity contribution < 1.29 is 4.42 Å². The van der Waals surface area contributed by atoms with Gasteiger partial charge in [-0.05, 0) is 12.1 Å². The van der Waals surface area contributed by atoms with E-state index in [9.17, 15) is 0 Å². The molecule has 0 unspecified atom stereocenters. The average Bonchev–Trinajstić information content (AvgIpc) is 2.81. The highest BCUT2D eigenvalue weighted by Gasteiger charge is 2.06. The fourth-order valence-corrected chi connectivity index (χ4v) is 1.21. The first kappa shape index (κ1) is 8.98. The van der Waals surface area contributed by atoms with E-state index in [1.165, 1.54) is 6.26 Å². The number of benzene rings is 1. The Kier molecular flexibility index (Phi) is 2.19. The van der Waals surface area contributed by atoms with Crippen molar-refractivity contribution in [3.63, 3.8) is 0 Å². The highest BCUT2D eigenvalue weighted by Crippen LogP contribution is 2.20. The molecule has 69 valence electrons. The predicted octanol–water partition coefficient (Wildman–Crippen LogP) is 1.89. The first-order chi connectivity index (χ1) is 7.35. The monoisotopic (exact) mass is 194 g/mol. The van der Waals surface area contributed by atoms with Crippen LogP contribution in [-0.2, 0) is 0 Å². The predicted molar refractivity (Wildman–Crippen MR) is 50.2 cm³/mol. The molecule has 0 spiro atoms. The third-order valence-corrected chi connectivity index (χ3v) is 1.95. The minimum absolute atomic E-state index is 0.331. The van der Waals surface area contributed by atoms with Gasteiger partial charge in [0.1, 0.15) is 24.1 Å². The third-order valence-electron chi connectivity index (χ3n) is 1.95. The van der Waals surface area contributed by atoms with E-state index in [-0.39, 0.29) is 0 Å². The van der Waals surface area contributed by atoms with E-state index in [4.69, 9.17) is 14.9 Å². The molecule has 1 heterocycles. The molecule has 0 aliphatic carbocycles. The standard InChI is InChI=1S/C11H4N3O/c12-4-9-2-1-8(3-10(9)5-13)11-6-15-7-14-11/h1-3,6H. The van der Waals surface area contributed by atoms with Gasteiger partial charge in [-0.25, -0.2) is 4.98 Å². The molecule has 2 rings (SSSR count). The van der Waals surface area contributed by atoms with E-state index in [0.29, 0.717) is 16.8 Å². The van der Waals surface area contributed by atoms with Crippen LogP contribution in [0.4, 0.5) is 0 Å². The van der Waals surface area contributed by atoms with Crippen LogP contribution in [0, 0.1) is 29.1 Å². The molecule has 0 saturated carbocycles. The van der Waals surface area contributed by atoms with Gasteiger partial charge in [0.05, 0.1) is 11.1 Å². The summed E-state index contributed by atoms with van der Waals surface area (Å²) >= 11 is 0. The zero-order valence-corrected chi connectivity index (χ0v) is 7.56. The van der Waals surface area contributed by atoms with Crippen molar-refractivity contribution in [2.75, 3.05) is 0 Å². The van der Waals surface area contributed by atoms with Gasteiger partial charge in [0.15, 0.2) is 0 Å². The highest BCUT2D eigenvalue weighted by molar-refractivity contribution is 5.63.